The van der Waals surface area contributed by atoms with E-state index < -0.39 is 0 Å². The quantitative estimate of drug-likeness (QED) is 0.555. The van der Waals surface area contributed by atoms with Gasteiger partial charge in [0.15, 0.2) is 0 Å². The van der Waals surface area contributed by atoms with Crippen LogP contribution in [0.5, 0.6) is 0 Å². The van der Waals surface area contributed by atoms with Gasteiger partial charge >= 0.3 is 0 Å². The molecule has 0 saturated carbocycles. The van der Waals surface area contributed by atoms with E-state index in [9.17, 15) is 0 Å². The van der Waals surface area contributed by atoms with Crippen molar-refractivity contribution in [3.63, 3.8) is 0 Å². The van der Waals surface area contributed by atoms with Crippen LogP contribution in [0.1, 0.15) is 40.5 Å². The first-order valence-electron chi connectivity index (χ1n) is 4.55. The van der Waals surface area contributed by atoms with Gasteiger partial charge in [0, 0.05) is 12.1 Å². The molecular formula is C9H19NS2. The second-order valence-electron chi connectivity index (χ2n) is 3.20. The molecule has 12 heavy (non-hydrogen) atoms. The molecule has 2 unspecified atom stereocenters. The van der Waals surface area contributed by atoms with Gasteiger partial charge < -0.3 is 4.90 Å². The minimum atomic E-state index is 0.505. The van der Waals surface area contributed by atoms with Gasteiger partial charge in [0.2, 0.25) is 0 Å². The van der Waals surface area contributed by atoms with Gasteiger partial charge in [-0.2, -0.15) is 0 Å². The van der Waals surface area contributed by atoms with Crippen LogP contribution < -0.4 is 0 Å². The minimum Gasteiger partial charge on any atom is -0.352 e. The molecule has 0 fully saturated rings. The topological polar surface area (TPSA) is 3.24 Å². The SMILES string of the molecule is CCC(C)N(C(=S)S)C(C)CC. The van der Waals surface area contributed by atoms with Gasteiger partial charge in [-0.3, -0.25) is 0 Å². The summed E-state index contributed by atoms with van der Waals surface area (Å²) in [7, 11) is 0. The first-order chi connectivity index (χ1) is 5.54. The Labute approximate surface area is 86.9 Å². The molecule has 0 aliphatic carbocycles. The highest BCUT2D eigenvalue weighted by molar-refractivity contribution is 8.10. The van der Waals surface area contributed by atoms with Crippen LogP contribution >= 0.6 is 24.8 Å². The van der Waals surface area contributed by atoms with Crippen LogP contribution in [0.25, 0.3) is 0 Å². The Morgan fingerprint density at radius 1 is 1.25 bits per heavy atom. The zero-order valence-corrected chi connectivity index (χ0v) is 10.1. The molecule has 0 aromatic carbocycles. The second kappa shape index (κ2) is 5.81. The first-order valence-corrected chi connectivity index (χ1v) is 5.41. The molecule has 0 rings (SSSR count). The average Bonchev–Trinajstić information content (AvgIpc) is 2.03. The Hall–Kier alpha value is 0.240. The zero-order valence-electron chi connectivity index (χ0n) is 8.37. The predicted octanol–water partition coefficient (Wildman–Crippen LogP) is 3.10. The Bertz CT molecular complexity index is 137. The molecule has 0 spiro atoms. The first kappa shape index (κ1) is 12.2. The number of hydrogen-bond acceptors (Lipinski definition) is 1. The second-order valence-corrected chi connectivity index (χ2v) is 4.32. The molecule has 0 bridgehead atoms. The van der Waals surface area contributed by atoms with E-state index in [0.717, 1.165) is 17.2 Å². The van der Waals surface area contributed by atoms with Crippen molar-refractivity contribution in [2.45, 2.75) is 52.6 Å². The zero-order chi connectivity index (χ0) is 9.72. The van der Waals surface area contributed by atoms with E-state index in [2.05, 4.69) is 45.2 Å². The lowest BCUT2D eigenvalue weighted by Gasteiger charge is -2.34. The summed E-state index contributed by atoms with van der Waals surface area (Å²) in [6.45, 7) is 8.72. The number of thiocarbonyl (C=S) groups is 1. The molecule has 72 valence electrons. The minimum absolute atomic E-state index is 0.505. The Balaban J connectivity index is 4.32. The third-order valence-electron chi connectivity index (χ3n) is 2.35. The largest absolute Gasteiger partial charge is 0.352 e. The van der Waals surface area contributed by atoms with Crippen LogP contribution in [0, 0.1) is 0 Å². The van der Waals surface area contributed by atoms with Gasteiger partial charge in [-0.05, 0) is 26.7 Å². The molecule has 0 amide bonds. The van der Waals surface area contributed by atoms with Gasteiger partial charge in [0.1, 0.15) is 4.32 Å². The van der Waals surface area contributed by atoms with Crippen molar-refractivity contribution in [3.05, 3.63) is 0 Å². The number of thiol groups is 1. The monoisotopic (exact) mass is 205 g/mol. The maximum atomic E-state index is 5.09. The fraction of sp³-hybridized carbons (Fsp3) is 0.889. The third-order valence-corrected chi connectivity index (χ3v) is 2.79. The van der Waals surface area contributed by atoms with Crippen LogP contribution in [0.3, 0.4) is 0 Å². The number of nitrogens with zero attached hydrogens (tertiary/aromatic N) is 1. The van der Waals surface area contributed by atoms with Gasteiger partial charge in [0.05, 0.1) is 0 Å². The van der Waals surface area contributed by atoms with E-state index in [1.54, 1.807) is 0 Å². The molecule has 0 aliphatic heterocycles. The van der Waals surface area contributed by atoms with Crippen LogP contribution in [-0.2, 0) is 0 Å². The number of rotatable bonds is 4. The summed E-state index contributed by atoms with van der Waals surface area (Å²) in [5.74, 6) is 0. The van der Waals surface area contributed by atoms with Crippen LogP contribution in [-0.4, -0.2) is 21.3 Å². The lowest BCUT2D eigenvalue weighted by Crippen LogP contribution is -2.41. The maximum Gasteiger partial charge on any atom is 0.133 e. The van der Waals surface area contributed by atoms with E-state index in [0.29, 0.717) is 12.1 Å². The molecular weight excluding hydrogens is 186 g/mol. The van der Waals surface area contributed by atoms with Crippen molar-refractivity contribution >= 4 is 29.2 Å². The van der Waals surface area contributed by atoms with Crippen molar-refractivity contribution in [1.29, 1.82) is 0 Å². The maximum absolute atomic E-state index is 5.09. The molecule has 2 atom stereocenters. The van der Waals surface area contributed by atoms with E-state index in [1.807, 2.05) is 0 Å². The molecule has 0 aromatic rings. The highest BCUT2D eigenvalue weighted by Gasteiger charge is 2.17. The summed E-state index contributed by atoms with van der Waals surface area (Å²) in [6.07, 6.45) is 2.23. The van der Waals surface area contributed by atoms with E-state index in [1.165, 1.54) is 0 Å². The highest BCUT2D eigenvalue weighted by atomic mass is 32.1. The number of hydrogen-bond donors (Lipinski definition) is 1. The van der Waals surface area contributed by atoms with Crippen molar-refractivity contribution in [3.8, 4) is 0 Å². The van der Waals surface area contributed by atoms with Gasteiger partial charge in [0.25, 0.3) is 0 Å². The normalized spacial score (nSPS) is 15.4. The van der Waals surface area contributed by atoms with Crippen LogP contribution in [0.15, 0.2) is 0 Å². The lowest BCUT2D eigenvalue weighted by atomic mass is 10.1. The summed E-state index contributed by atoms with van der Waals surface area (Å²) in [5.41, 5.74) is 0. The summed E-state index contributed by atoms with van der Waals surface area (Å²) in [5, 5.41) is 0. The summed E-state index contributed by atoms with van der Waals surface area (Å²) < 4.78 is 0.721. The van der Waals surface area contributed by atoms with Gasteiger partial charge in [-0.25, -0.2) is 0 Å². The van der Waals surface area contributed by atoms with Gasteiger partial charge in [-0.1, -0.05) is 26.1 Å². The van der Waals surface area contributed by atoms with Crippen LogP contribution in [0.2, 0.25) is 0 Å². The van der Waals surface area contributed by atoms with E-state index in [4.69, 9.17) is 12.2 Å². The average molecular weight is 205 g/mol. The fourth-order valence-electron chi connectivity index (χ4n) is 1.20. The third kappa shape index (κ3) is 3.31. The highest BCUT2D eigenvalue weighted by Crippen LogP contribution is 2.14. The Morgan fingerprint density at radius 3 is 1.75 bits per heavy atom. The predicted molar refractivity (Wildman–Crippen MR) is 62.9 cm³/mol. The smallest absolute Gasteiger partial charge is 0.133 e. The lowest BCUT2D eigenvalue weighted by molar-refractivity contribution is 0.260. The van der Waals surface area contributed by atoms with Gasteiger partial charge in [-0.15, -0.1) is 12.6 Å². The molecule has 0 aromatic heterocycles. The molecule has 0 radical (unpaired) electrons. The molecule has 0 saturated heterocycles. The van der Waals surface area contributed by atoms with E-state index in [-0.39, 0.29) is 0 Å². The standard InChI is InChI=1S/C9H19NS2/c1-5-7(3)10(9(11)12)8(4)6-2/h7-8H,5-6H2,1-4H3,(H,11,12). The molecule has 3 heteroatoms. The van der Waals surface area contributed by atoms with Crippen LogP contribution in [0.4, 0.5) is 0 Å². The summed E-state index contributed by atoms with van der Waals surface area (Å²) in [4.78, 5) is 2.21. The Kier molecular flexibility index (Phi) is 5.93. The van der Waals surface area contributed by atoms with E-state index >= 15 is 0 Å². The Morgan fingerprint density at radius 2 is 1.58 bits per heavy atom. The fourth-order valence-corrected chi connectivity index (χ4v) is 1.96. The molecule has 1 nitrogen and oxygen atoms in total. The van der Waals surface area contributed by atoms with Crippen molar-refractivity contribution in [1.82, 2.24) is 4.90 Å². The molecule has 0 N–H and O–H groups in total. The van der Waals surface area contributed by atoms with Crippen molar-refractivity contribution < 1.29 is 0 Å². The molecule has 0 heterocycles. The van der Waals surface area contributed by atoms with Crippen molar-refractivity contribution in [2.75, 3.05) is 0 Å². The summed E-state index contributed by atoms with van der Waals surface area (Å²) >= 11 is 9.33. The van der Waals surface area contributed by atoms with Crippen molar-refractivity contribution in [2.24, 2.45) is 0 Å². The summed E-state index contributed by atoms with van der Waals surface area (Å²) in [6, 6.07) is 1.01. The molecule has 0 aliphatic rings.